The molecule has 2 unspecified atom stereocenters. The van der Waals surface area contributed by atoms with Crippen LogP contribution in [0.3, 0.4) is 0 Å². The van der Waals surface area contributed by atoms with E-state index in [1.807, 2.05) is 6.07 Å². The average Bonchev–Trinajstić information content (AvgIpc) is 3.04. The van der Waals surface area contributed by atoms with Gasteiger partial charge in [-0.05, 0) is 37.3 Å². The molecular weight excluding hydrogens is 282 g/mol. The quantitative estimate of drug-likeness (QED) is 0.858. The zero-order chi connectivity index (χ0) is 14.7. The first-order chi connectivity index (χ1) is 10.1. The van der Waals surface area contributed by atoms with Gasteiger partial charge in [-0.1, -0.05) is 42.5 Å². The van der Waals surface area contributed by atoms with Gasteiger partial charge < -0.3 is 0 Å². The van der Waals surface area contributed by atoms with Gasteiger partial charge in [-0.15, -0.1) is 0 Å². The number of likely N-dealkylation sites (tertiary alicyclic amines) is 1. The summed E-state index contributed by atoms with van der Waals surface area (Å²) in [6.07, 6.45) is 7.71. The molecule has 1 aromatic carbocycles. The zero-order valence-corrected chi connectivity index (χ0v) is 13.1. The van der Waals surface area contributed by atoms with Crippen molar-refractivity contribution in [2.45, 2.75) is 25.3 Å². The Kier molecular flexibility index (Phi) is 4.45. The molecule has 2 aliphatic rings. The molecule has 21 heavy (non-hydrogen) atoms. The molecule has 3 rings (SSSR count). The summed E-state index contributed by atoms with van der Waals surface area (Å²) in [5, 5.41) is 0. The highest BCUT2D eigenvalue weighted by atomic mass is 32.2. The molecule has 2 fully saturated rings. The molecule has 2 saturated heterocycles. The first kappa shape index (κ1) is 14.8. The molecule has 4 heteroatoms. The van der Waals surface area contributed by atoms with Crippen molar-refractivity contribution in [1.82, 2.24) is 4.90 Å². The summed E-state index contributed by atoms with van der Waals surface area (Å²) in [7, 11) is -2.75. The molecule has 2 aliphatic heterocycles. The second kappa shape index (κ2) is 6.32. The van der Waals surface area contributed by atoms with Crippen molar-refractivity contribution in [3.05, 3.63) is 42.0 Å². The first-order valence-corrected chi connectivity index (χ1v) is 9.62. The maximum atomic E-state index is 11.6. The Morgan fingerprint density at radius 2 is 2.00 bits per heavy atom. The summed E-state index contributed by atoms with van der Waals surface area (Å²) in [6, 6.07) is 10.8. The maximum Gasteiger partial charge on any atom is 0.150 e. The monoisotopic (exact) mass is 305 g/mol. The lowest BCUT2D eigenvalue weighted by atomic mass is 10.1. The number of nitrogens with zero attached hydrogens (tertiary/aromatic N) is 1. The van der Waals surface area contributed by atoms with Gasteiger partial charge in [0.05, 0.1) is 11.5 Å². The van der Waals surface area contributed by atoms with E-state index in [1.54, 1.807) is 0 Å². The number of benzene rings is 1. The predicted molar refractivity (Wildman–Crippen MR) is 86.8 cm³/mol. The van der Waals surface area contributed by atoms with E-state index in [-0.39, 0.29) is 0 Å². The minimum atomic E-state index is -2.75. The van der Waals surface area contributed by atoms with Crippen LogP contribution in [0, 0.1) is 5.92 Å². The Morgan fingerprint density at radius 3 is 2.71 bits per heavy atom. The van der Waals surface area contributed by atoms with Crippen LogP contribution in [-0.4, -0.2) is 44.0 Å². The second-order valence-electron chi connectivity index (χ2n) is 6.24. The van der Waals surface area contributed by atoms with Crippen LogP contribution in [0.15, 0.2) is 36.4 Å². The first-order valence-electron chi connectivity index (χ1n) is 7.80. The van der Waals surface area contributed by atoms with E-state index in [4.69, 9.17) is 0 Å². The highest BCUT2D eigenvalue weighted by molar-refractivity contribution is 7.91. The van der Waals surface area contributed by atoms with Crippen LogP contribution in [0.4, 0.5) is 0 Å². The van der Waals surface area contributed by atoms with Gasteiger partial charge in [0.2, 0.25) is 0 Å². The van der Waals surface area contributed by atoms with E-state index in [9.17, 15) is 8.42 Å². The second-order valence-corrected chi connectivity index (χ2v) is 8.47. The van der Waals surface area contributed by atoms with E-state index < -0.39 is 9.84 Å². The fourth-order valence-corrected chi connectivity index (χ4v) is 5.28. The van der Waals surface area contributed by atoms with Gasteiger partial charge in [0, 0.05) is 12.6 Å². The van der Waals surface area contributed by atoms with E-state index >= 15 is 0 Å². The molecule has 0 bridgehead atoms. The third kappa shape index (κ3) is 3.95. The highest BCUT2D eigenvalue weighted by Gasteiger charge is 2.32. The molecule has 0 spiro atoms. The standard InChI is InChI=1S/C17H23NO2S/c19-21(20)12-10-16(14-21)13-18-11-4-7-17(18)9-8-15-5-2-1-3-6-15/h1-3,5-6,8-9,16-17H,4,7,10-14H2/b9-8+. The molecule has 0 amide bonds. The number of sulfone groups is 1. The van der Waals surface area contributed by atoms with Crippen LogP contribution >= 0.6 is 0 Å². The van der Waals surface area contributed by atoms with E-state index in [0.29, 0.717) is 23.5 Å². The molecule has 1 aromatic rings. The average molecular weight is 305 g/mol. The molecule has 0 aliphatic carbocycles. The molecule has 0 saturated carbocycles. The van der Waals surface area contributed by atoms with Crippen molar-refractivity contribution >= 4 is 15.9 Å². The minimum Gasteiger partial charge on any atom is -0.297 e. The normalized spacial score (nSPS) is 29.3. The summed E-state index contributed by atoms with van der Waals surface area (Å²) in [5.74, 6) is 1.11. The van der Waals surface area contributed by atoms with Crippen molar-refractivity contribution in [2.24, 2.45) is 5.92 Å². The smallest absolute Gasteiger partial charge is 0.150 e. The van der Waals surface area contributed by atoms with Gasteiger partial charge >= 0.3 is 0 Å². The van der Waals surface area contributed by atoms with Crippen molar-refractivity contribution in [1.29, 1.82) is 0 Å². The summed E-state index contributed by atoms with van der Waals surface area (Å²) >= 11 is 0. The molecule has 114 valence electrons. The third-order valence-electron chi connectivity index (χ3n) is 4.54. The van der Waals surface area contributed by atoms with Gasteiger partial charge in [-0.3, -0.25) is 4.90 Å². The van der Waals surface area contributed by atoms with Crippen LogP contribution < -0.4 is 0 Å². The molecule has 0 aromatic heterocycles. The largest absolute Gasteiger partial charge is 0.297 e. The number of rotatable bonds is 4. The number of hydrogen-bond acceptors (Lipinski definition) is 3. The highest BCUT2D eigenvalue weighted by Crippen LogP contribution is 2.25. The van der Waals surface area contributed by atoms with E-state index in [2.05, 4.69) is 41.3 Å². The van der Waals surface area contributed by atoms with E-state index in [1.165, 1.54) is 18.4 Å². The van der Waals surface area contributed by atoms with Gasteiger partial charge in [0.25, 0.3) is 0 Å². The van der Waals surface area contributed by atoms with Crippen LogP contribution in [-0.2, 0) is 9.84 Å². The Balaban J connectivity index is 1.59. The summed E-state index contributed by atoms with van der Waals surface area (Å²) in [6.45, 7) is 2.03. The van der Waals surface area contributed by atoms with E-state index in [0.717, 1.165) is 19.5 Å². The molecular formula is C17H23NO2S. The zero-order valence-electron chi connectivity index (χ0n) is 12.3. The number of hydrogen-bond donors (Lipinski definition) is 0. The maximum absolute atomic E-state index is 11.6. The van der Waals surface area contributed by atoms with Crippen LogP contribution in [0.1, 0.15) is 24.8 Å². The van der Waals surface area contributed by atoms with Gasteiger partial charge in [-0.2, -0.15) is 0 Å². The van der Waals surface area contributed by atoms with Crippen LogP contribution in [0.25, 0.3) is 6.08 Å². The van der Waals surface area contributed by atoms with Gasteiger partial charge in [0.15, 0.2) is 9.84 Å². The lowest BCUT2D eigenvalue weighted by Gasteiger charge is -2.24. The molecule has 0 N–H and O–H groups in total. The molecule has 2 heterocycles. The summed E-state index contributed by atoms with van der Waals surface area (Å²) < 4.78 is 23.1. The summed E-state index contributed by atoms with van der Waals surface area (Å²) in [5.41, 5.74) is 1.23. The summed E-state index contributed by atoms with van der Waals surface area (Å²) in [4.78, 5) is 2.46. The van der Waals surface area contributed by atoms with Crippen LogP contribution in [0.5, 0.6) is 0 Å². The SMILES string of the molecule is O=S1(=O)CCC(CN2CCCC2/C=C/c2ccccc2)C1. The molecule has 0 radical (unpaired) electrons. The lowest BCUT2D eigenvalue weighted by Crippen LogP contribution is -2.33. The predicted octanol–water partition coefficient (Wildman–Crippen LogP) is 2.60. The Morgan fingerprint density at radius 1 is 1.19 bits per heavy atom. The molecule has 3 nitrogen and oxygen atoms in total. The molecule has 2 atom stereocenters. The van der Waals surface area contributed by atoms with Crippen molar-refractivity contribution < 1.29 is 8.42 Å². The Labute approximate surface area is 127 Å². The lowest BCUT2D eigenvalue weighted by molar-refractivity contribution is 0.252. The van der Waals surface area contributed by atoms with Crippen LogP contribution in [0.2, 0.25) is 0 Å². The Bertz CT molecular complexity index is 594. The van der Waals surface area contributed by atoms with Gasteiger partial charge in [0.1, 0.15) is 0 Å². The third-order valence-corrected chi connectivity index (χ3v) is 6.38. The van der Waals surface area contributed by atoms with Gasteiger partial charge in [-0.25, -0.2) is 8.42 Å². The fourth-order valence-electron chi connectivity index (χ4n) is 3.43. The van der Waals surface area contributed by atoms with Crippen molar-refractivity contribution in [3.8, 4) is 0 Å². The van der Waals surface area contributed by atoms with Crippen molar-refractivity contribution in [2.75, 3.05) is 24.6 Å². The minimum absolute atomic E-state index is 0.334. The fraction of sp³-hybridized carbons (Fsp3) is 0.529. The topological polar surface area (TPSA) is 37.4 Å². The van der Waals surface area contributed by atoms with Crippen molar-refractivity contribution in [3.63, 3.8) is 0 Å². The Hall–Kier alpha value is -1.13.